The van der Waals surface area contributed by atoms with Crippen LogP contribution in [-0.2, 0) is 4.79 Å². The molecule has 2 N–H and O–H groups in total. The molecular formula is C17H23Cl2N3O. The molecule has 1 amide bonds. The van der Waals surface area contributed by atoms with Gasteiger partial charge in [-0.25, -0.2) is 0 Å². The zero-order valence-corrected chi connectivity index (χ0v) is 14.8. The zero-order valence-electron chi connectivity index (χ0n) is 13.3. The van der Waals surface area contributed by atoms with Crippen LogP contribution in [0.2, 0.25) is 10.0 Å². The first-order valence-electron chi connectivity index (χ1n) is 8.28. The van der Waals surface area contributed by atoms with Gasteiger partial charge in [-0.3, -0.25) is 4.79 Å². The third-order valence-electron chi connectivity index (χ3n) is 4.86. The Labute approximate surface area is 147 Å². The van der Waals surface area contributed by atoms with Crippen LogP contribution in [0.15, 0.2) is 18.2 Å². The lowest BCUT2D eigenvalue weighted by Crippen LogP contribution is -2.58. The molecule has 23 heavy (non-hydrogen) atoms. The third kappa shape index (κ3) is 3.93. The van der Waals surface area contributed by atoms with E-state index in [0.717, 1.165) is 44.6 Å². The van der Waals surface area contributed by atoms with Crippen LogP contribution >= 0.6 is 23.2 Å². The molecule has 4 nitrogen and oxygen atoms in total. The summed E-state index contributed by atoms with van der Waals surface area (Å²) >= 11 is 12.1. The lowest BCUT2D eigenvalue weighted by atomic mass is 9.91. The van der Waals surface area contributed by atoms with Gasteiger partial charge in [0.15, 0.2) is 0 Å². The number of likely N-dealkylation sites (tertiary alicyclic amines) is 1. The number of nitrogens with one attached hydrogen (secondary N) is 2. The maximum atomic E-state index is 12.9. The molecule has 2 aliphatic rings. The molecule has 6 heteroatoms. The van der Waals surface area contributed by atoms with Crippen molar-refractivity contribution in [2.24, 2.45) is 5.92 Å². The predicted octanol–water partition coefficient (Wildman–Crippen LogP) is 3.39. The van der Waals surface area contributed by atoms with Crippen molar-refractivity contribution in [3.8, 4) is 0 Å². The average molecular weight is 356 g/mol. The lowest BCUT2D eigenvalue weighted by Gasteiger charge is -2.43. The van der Waals surface area contributed by atoms with E-state index in [2.05, 4.69) is 22.5 Å². The van der Waals surface area contributed by atoms with Gasteiger partial charge in [-0.1, -0.05) is 30.1 Å². The number of hydrogen-bond acceptors (Lipinski definition) is 3. The quantitative estimate of drug-likeness (QED) is 0.873. The van der Waals surface area contributed by atoms with Crippen LogP contribution in [0.25, 0.3) is 0 Å². The van der Waals surface area contributed by atoms with Crippen molar-refractivity contribution >= 4 is 34.8 Å². The average Bonchev–Trinajstić information content (AvgIpc) is 2.49. The highest BCUT2D eigenvalue weighted by molar-refractivity contribution is 6.35. The molecule has 2 heterocycles. The second-order valence-electron chi connectivity index (χ2n) is 6.57. The summed E-state index contributed by atoms with van der Waals surface area (Å²) < 4.78 is 0. The molecule has 2 aliphatic heterocycles. The van der Waals surface area contributed by atoms with Crippen molar-refractivity contribution in [2.75, 3.05) is 25.0 Å². The fourth-order valence-corrected chi connectivity index (χ4v) is 4.12. The number of hydrogen-bond donors (Lipinski definition) is 2. The molecule has 0 saturated carbocycles. The first kappa shape index (κ1) is 16.9. The Bertz CT molecular complexity index is 561. The first-order chi connectivity index (χ1) is 11.0. The van der Waals surface area contributed by atoms with E-state index >= 15 is 0 Å². The topological polar surface area (TPSA) is 44.4 Å². The van der Waals surface area contributed by atoms with E-state index in [1.165, 1.54) is 0 Å². The second kappa shape index (κ2) is 7.29. The Hall–Kier alpha value is -0.970. The third-order valence-corrected chi connectivity index (χ3v) is 5.30. The van der Waals surface area contributed by atoms with Crippen LogP contribution < -0.4 is 10.6 Å². The number of amides is 1. The maximum absolute atomic E-state index is 12.9. The monoisotopic (exact) mass is 355 g/mol. The number of halogens is 2. The molecule has 2 saturated heterocycles. The van der Waals surface area contributed by atoms with Crippen molar-refractivity contribution in [3.63, 3.8) is 0 Å². The molecule has 0 spiro atoms. The SMILES string of the molecule is C[C@H]1CCNC[C@@H]1N1CCCC(Nc2cc(Cl)cc(Cl)c2)C1=O. The van der Waals surface area contributed by atoms with E-state index in [1.54, 1.807) is 6.07 Å². The Morgan fingerprint density at radius 3 is 2.65 bits per heavy atom. The van der Waals surface area contributed by atoms with E-state index in [9.17, 15) is 4.79 Å². The van der Waals surface area contributed by atoms with Gasteiger partial charge in [0.25, 0.3) is 0 Å². The van der Waals surface area contributed by atoms with Crippen LogP contribution in [-0.4, -0.2) is 42.5 Å². The fourth-order valence-electron chi connectivity index (χ4n) is 3.59. The molecule has 3 rings (SSSR count). The molecule has 2 fully saturated rings. The molecular weight excluding hydrogens is 333 g/mol. The standard InChI is InChI=1S/C17H23Cl2N3O/c1-11-4-5-20-10-16(11)22-6-2-3-15(17(22)23)21-14-8-12(18)7-13(19)9-14/h7-9,11,15-16,20-21H,2-6,10H2,1H3/t11-,15?,16-/m0/s1. The second-order valence-corrected chi connectivity index (χ2v) is 7.44. The number of rotatable bonds is 3. The zero-order chi connectivity index (χ0) is 16.4. The van der Waals surface area contributed by atoms with Crippen molar-refractivity contribution in [2.45, 2.75) is 38.3 Å². The van der Waals surface area contributed by atoms with Crippen LogP contribution in [0.1, 0.15) is 26.2 Å². The summed E-state index contributed by atoms with van der Waals surface area (Å²) in [5.74, 6) is 0.729. The highest BCUT2D eigenvalue weighted by Crippen LogP contribution is 2.27. The molecule has 0 aliphatic carbocycles. The molecule has 0 aromatic heterocycles. The Kier molecular flexibility index (Phi) is 5.34. The van der Waals surface area contributed by atoms with Gasteiger partial charge < -0.3 is 15.5 Å². The van der Waals surface area contributed by atoms with Gasteiger partial charge in [0, 0.05) is 34.9 Å². The summed E-state index contributed by atoms with van der Waals surface area (Å²) in [6.45, 7) is 5.03. The Morgan fingerprint density at radius 1 is 1.22 bits per heavy atom. The maximum Gasteiger partial charge on any atom is 0.245 e. The number of carbonyl (C=O) groups is 1. The van der Waals surface area contributed by atoms with Gasteiger partial charge >= 0.3 is 0 Å². The molecule has 0 bridgehead atoms. The summed E-state index contributed by atoms with van der Waals surface area (Å²) in [6, 6.07) is 5.41. The van der Waals surface area contributed by atoms with Crippen LogP contribution in [0.4, 0.5) is 5.69 Å². The summed E-state index contributed by atoms with van der Waals surface area (Å²) in [7, 11) is 0. The summed E-state index contributed by atoms with van der Waals surface area (Å²) in [5.41, 5.74) is 0.803. The van der Waals surface area contributed by atoms with E-state index < -0.39 is 0 Å². The highest BCUT2D eigenvalue weighted by atomic mass is 35.5. The normalized spacial score (nSPS) is 28.7. The van der Waals surface area contributed by atoms with Gasteiger partial charge in [0.2, 0.25) is 5.91 Å². The first-order valence-corrected chi connectivity index (χ1v) is 9.04. The fraction of sp³-hybridized carbons (Fsp3) is 0.588. The summed E-state index contributed by atoms with van der Waals surface area (Å²) in [4.78, 5) is 15.0. The van der Waals surface area contributed by atoms with Gasteiger partial charge in [-0.15, -0.1) is 0 Å². The van der Waals surface area contributed by atoms with E-state index in [0.29, 0.717) is 22.0 Å². The minimum absolute atomic E-state index is 0.188. The van der Waals surface area contributed by atoms with Crippen molar-refractivity contribution < 1.29 is 4.79 Å². The highest BCUT2D eigenvalue weighted by Gasteiger charge is 2.36. The van der Waals surface area contributed by atoms with E-state index in [1.807, 2.05) is 12.1 Å². The van der Waals surface area contributed by atoms with Crippen LogP contribution in [0.5, 0.6) is 0 Å². The molecule has 1 aromatic rings. The Balaban J connectivity index is 1.71. The Morgan fingerprint density at radius 2 is 1.96 bits per heavy atom. The minimum atomic E-state index is -0.201. The minimum Gasteiger partial charge on any atom is -0.374 e. The van der Waals surface area contributed by atoms with Gasteiger partial charge in [-0.05, 0) is 49.9 Å². The van der Waals surface area contributed by atoms with Crippen molar-refractivity contribution in [1.29, 1.82) is 0 Å². The smallest absolute Gasteiger partial charge is 0.245 e. The molecule has 0 radical (unpaired) electrons. The summed E-state index contributed by atoms with van der Waals surface area (Å²) in [5, 5.41) is 7.88. The van der Waals surface area contributed by atoms with E-state index in [4.69, 9.17) is 23.2 Å². The molecule has 3 atom stereocenters. The number of anilines is 1. The van der Waals surface area contributed by atoms with Gasteiger partial charge in [0.1, 0.15) is 6.04 Å². The molecule has 1 unspecified atom stereocenters. The number of piperidine rings is 2. The van der Waals surface area contributed by atoms with Gasteiger partial charge in [0.05, 0.1) is 0 Å². The van der Waals surface area contributed by atoms with Crippen LogP contribution in [0, 0.1) is 5.92 Å². The van der Waals surface area contributed by atoms with E-state index in [-0.39, 0.29) is 11.9 Å². The predicted molar refractivity (Wildman–Crippen MR) is 95.3 cm³/mol. The van der Waals surface area contributed by atoms with Crippen molar-refractivity contribution in [3.05, 3.63) is 28.2 Å². The van der Waals surface area contributed by atoms with Crippen molar-refractivity contribution in [1.82, 2.24) is 10.2 Å². The number of benzene rings is 1. The molecule has 1 aromatic carbocycles. The largest absolute Gasteiger partial charge is 0.374 e. The molecule has 126 valence electrons. The lowest BCUT2D eigenvalue weighted by molar-refractivity contribution is -0.138. The van der Waals surface area contributed by atoms with Crippen LogP contribution in [0.3, 0.4) is 0 Å². The van der Waals surface area contributed by atoms with Gasteiger partial charge in [-0.2, -0.15) is 0 Å². The number of nitrogens with zero attached hydrogens (tertiary/aromatic N) is 1. The number of carbonyl (C=O) groups excluding carboxylic acids is 1. The summed E-state index contributed by atoms with van der Waals surface area (Å²) in [6.07, 6.45) is 2.98.